The Balaban J connectivity index is 3.49. The molecule has 0 aliphatic rings. The monoisotopic (exact) mass is 150 g/mol. The molecule has 1 atom stereocenters. The summed E-state index contributed by atoms with van der Waals surface area (Å²) in [5.41, 5.74) is 0. The zero-order valence-corrected chi connectivity index (χ0v) is 7.15. The minimum atomic E-state index is -0.560. The number of rotatable bonds is 2. The molecule has 0 unspecified atom stereocenters. The van der Waals surface area contributed by atoms with Crippen LogP contribution in [0.5, 0.6) is 0 Å². The summed E-state index contributed by atoms with van der Waals surface area (Å²) >= 11 is 0. The Labute approximate surface area is 68.8 Å². The van der Waals surface area contributed by atoms with Crippen molar-refractivity contribution in [2.24, 2.45) is 0 Å². The predicted octanol–water partition coefficient (Wildman–Crippen LogP) is 1.56. The third-order valence-electron chi connectivity index (χ3n) is 1.09. The first-order valence-corrected chi connectivity index (χ1v) is 3.93. The molecule has 0 aliphatic heterocycles. The van der Waals surface area contributed by atoms with Crippen LogP contribution in [0, 0.1) is 23.7 Å². The van der Waals surface area contributed by atoms with E-state index in [-0.39, 0.29) is 0 Å². The molecule has 0 radical (unpaired) electrons. The van der Waals surface area contributed by atoms with Gasteiger partial charge in [-0.05, 0) is 25.2 Å². The van der Waals surface area contributed by atoms with Crippen molar-refractivity contribution in [2.75, 3.05) is 0 Å². The average molecular weight is 150 g/mol. The molecule has 0 bridgehead atoms. The van der Waals surface area contributed by atoms with E-state index in [1.54, 1.807) is 6.92 Å². The van der Waals surface area contributed by atoms with Gasteiger partial charge in [0.1, 0.15) is 6.10 Å². The van der Waals surface area contributed by atoms with Gasteiger partial charge in [0.15, 0.2) is 0 Å². The van der Waals surface area contributed by atoms with Gasteiger partial charge in [0.05, 0.1) is 0 Å². The van der Waals surface area contributed by atoms with Crippen LogP contribution in [0.15, 0.2) is 0 Å². The smallest absolute Gasteiger partial charge is 0.112 e. The van der Waals surface area contributed by atoms with Crippen LogP contribution in [-0.4, -0.2) is 11.2 Å². The van der Waals surface area contributed by atoms with Gasteiger partial charge in [-0.15, -0.1) is 0 Å². The molecule has 0 aromatic heterocycles. The predicted molar refractivity (Wildman–Crippen MR) is 46.8 cm³/mol. The van der Waals surface area contributed by atoms with Crippen molar-refractivity contribution in [1.82, 2.24) is 0 Å². The summed E-state index contributed by atoms with van der Waals surface area (Å²) in [5, 5.41) is 8.71. The summed E-state index contributed by atoms with van der Waals surface area (Å²) in [6.45, 7) is 3.75. The molecule has 1 nitrogen and oxygen atoms in total. The molecular formula is C10H14O. The van der Waals surface area contributed by atoms with Gasteiger partial charge in [-0.3, -0.25) is 0 Å². The maximum Gasteiger partial charge on any atom is 0.112 e. The van der Waals surface area contributed by atoms with Crippen LogP contribution in [0.25, 0.3) is 0 Å². The number of hydrogen-bond donors (Lipinski definition) is 1. The van der Waals surface area contributed by atoms with Crippen LogP contribution in [0.2, 0.25) is 0 Å². The molecule has 0 fully saturated rings. The molecule has 0 aliphatic carbocycles. The Morgan fingerprint density at radius 1 is 1.36 bits per heavy atom. The number of hydrogen-bond acceptors (Lipinski definition) is 1. The zero-order valence-electron chi connectivity index (χ0n) is 7.15. The Morgan fingerprint density at radius 2 is 2.09 bits per heavy atom. The lowest BCUT2D eigenvalue weighted by Gasteiger charge is -1.83. The van der Waals surface area contributed by atoms with E-state index >= 15 is 0 Å². The van der Waals surface area contributed by atoms with Crippen molar-refractivity contribution < 1.29 is 5.11 Å². The fraction of sp³-hybridized carbons (Fsp3) is 0.600. The summed E-state index contributed by atoms with van der Waals surface area (Å²) in [6.07, 6.45) is 2.64. The maximum absolute atomic E-state index is 8.71. The van der Waals surface area contributed by atoms with Crippen molar-refractivity contribution in [2.45, 2.75) is 39.2 Å². The molecule has 0 heterocycles. The molecule has 0 aromatic rings. The maximum atomic E-state index is 8.71. The average Bonchev–Trinajstić information content (AvgIpc) is 1.96. The molecule has 0 aromatic carbocycles. The van der Waals surface area contributed by atoms with Gasteiger partial charge in [-0.25, -0.2) is 0 Å². The molecule has 1 heteroatoms. The van der Waals surface area contributed by atoms with E-state index in [9.17, 15) is 0 Å². The highest BCUT2D eigenvalue weighted by Crippen LogP contribution is 1.89. The Morgan fingerprint density at radius 3 is 2.64 bits per heavy atom. The third kappa shape index (κ3) is 9.08. The highest BCUT2D eigenvalue weighted by molar-refractivity contribution is 5.26. The summed E-state index contributed by atoms with van der Waals surface area (Å²) in [6, 6.07) is 0. The van der Waals surface area contributed by atoms with Crippen molar-refractivity contribution >= 4 is 0 Å². The largest absolute Gasteiger partial charge is 0.381 e. The molecule has 0 saturated heterocycles. The lowest BCUT2D eigenvalue weighted by molar-refractivity contribution is 0.253. The van der Waals surface area contributed by atoms with Crippen LogP contribution < -0.4 is 0 Å². The molecule has 1 N–H and O–H groups in total. The van der Waals surface area contributed by atoms with Gasteiger partial charge in [-0.2, -0.15) is 0 Å². The number of aliphatic hydroxyl groups is 1. The van der Waals surface area contributed by atoms with E-state index in [1.807, 2.05) is 0 Å². The summed E-state index contributed by atoms with van der Waals surface area (Å²) in [4.78, 5) is 0. The van der Waals surface area contributed by atoms with Crippen molar-refractivity contribution in [3.63, 3.8) is 0 Å². The molecule has 60 valence electrons. The fourth-order valence-corrected chi connectivity index (χ4v) is 0.512. The minimum absolute atomic E-state index is 0.560. The number of aliphatic hydroxyl groups excluding tert-OH is 1. The van der Waals surface area contributed by atoms with E-state index < -0.39 is 6.10 Å². The molecule has 0 spiro atoms. The summed E-state index contributed by atoms with van der Waals surface area (Å²) in [7, 11) is 0. The second kappa shape index (κ2) is 7.19. The highest BCUT2D eigenvalue weighted by atomic mass is 16.3. The molecule has 0 rings (SSSR count). The number of unbranched alkanes of at least 4 members (excludes halogenated alkanes) is 2. The molecule has 0 saturated carbocycles. The van der Waals surface area contributed by atoms with Gasteiger partial charge >= 0.3 is 0 Å². The Kier molecular flexibility index (Phi) is 6.59. The molecule has 0 amide bonds. The molecular weight excluding hydrogens is 136 g/mol. The van der Waals surface area contributed by atoms with Crippen molar-refractivity contribution in [3.8, 4) is 23.7 Å². The molecule has 11 heavy (non-hydrogen) atoms. The van der Waals surface area contributed by atoms with Gasteiger partial charge in [0, 0.05) is 6.42 Å². The fourth-order valence-electron chi connectivity index (χ4n) is 0.512. The Bertz CT molecular complexity index is 194. The van der Waals surface area contributed by atoms with E-state index in [0.29, 0.717) is 0 Å². The highest BCUT2D eigenvalue weighted by Gasteiger charge is 1.79. The van der Waals surface area contributed by atoms with Gasteiger partial charge in [0.2, 0.25) is 0 Å². The van der Waals surface area contributed by atoms with E-state index in [0.717, 1.165) is 12.8 Å². The second-order valence-corrected chi connectivity index (χ2v) is 2.35. The van der Waals surface area contributed by atoms with Gasteiger partial charge < -0.3 is 5.11 Å². The second-order valence-electron chi connectivity index (χ2n) is 2.35. The lowest BCUT2D eigenvalue weighted by atomic mass is 10.2. The van der Waals surface area contributed by atoms with Crippen molar-refractivity contribution in [1.29, 1.82) is 0 Å². The zero-order chi connectivity index (χ0) is 8.53. The summed E-state index contributed by atoms with van der Waals surface area (Å²) in [5.74, 6) is 10.7. The minimum Gasteiger partial charge on any atom is -0.381 e. The first-order chi connectivity index (χ1) is 5.27. The van der Waals surface area contributed by atoms with E-state index in [2.05, 4.69) is 30.6 Å². The topological polar surface area (TPSA) is 20.2 Å². The van der Waals surface area contributed by atoms with Crippen LogP contribution in [-0.2, 0) is 0 Å². The standard InChI is InChI=1S/C10H14O/c1-3-4-5-6-7-8-9-10(2)11/h10-11H,3-5H2,1-2H3/t10-/m0/s1. The van der Waals surface area contributed by atoms with Crippen molar-refractivity contribution in [3.05, 3.63) is 0 Å². The van der Waals surface area contributed by atoms with Crippen LogP contribution >= 0.6 is 0 Å². The van der Waals surface area contributed by atoms with Crippen LogP contribution in [0.1, 0.15) is 33.1 Å². The Hall–Kier alpha value is -0.920. The summed E-state index contributed by atoms with van der Waals surface area (Å²) < 4.78 is 0. The SMILES string of the molecule is CCCCC#CC#C[C@H](C)O. The normalized spacial score (nSPS) is 10.5. The van der Waals surface area contributed by atoms with Gasteiger partial charge in [-0.1, -0.05) is 25.2 Å². The first-order valence-electron chi connectivity index (χ1n) is 3.93. The van der Waals surface area contributed by atoms with Gasteiger partial charge in [0.25, 0.3) is 0 Å². The quantitative estimate of drug-likeness (QED) is 0.468. The first kappa shape index (κ1) is 10.1. The van der Waals surface area contributed by atoms with Crippen LogP contribution in [0.4, 0.5) is 0 Å². The van der Waals surface area contributed by atoms with Crippen LogP contribution in [0.3, 0.4) is 0 Å². The third-order valence-corrected chi connectivity index (χ3v) is 1.09. The van der Waals surface area contributed by atoms with E-state index in [1.165, 1.54) is 6.42 Å². The lowest BCUT2D eigenvalue weighted by Crippen LogP contribution is -1.91. The van der Waals surface area contributed by atoms with E-state index in [4.69, 9.17) is 5.11 Å².